The molecule has 7 nitrogen and oxygen atoms in total. The molecule has 3 heterocycles. The van der Waals surface area contributed by atoms with E-state index in [0.717, 1.165) is 18.4 Å². The zero-order valence-electron chi connectivity index (χ0n) is 14.8. The Hall–Kier alpha value is -1.93. The van der Waals surface area contributed by atoms with Gasteiger partial charge in [-0.3, -0.25) is 0 Å². The van der Waals surface area contributed by atoms with Crippen molar-refractivity contribution in [2.75, 3.05) is 19.7 Å². The van der Waals surface area contributed by atoms with Gasteiger partial charge in [0.2, 0.25) is 5.88 Å². The number of pyridine rings is 1. The Labute approximate surface area is 148 Å². The van der Waals surface area contributed by atoms with Crippen LogP contribution in [0.2, 0.25) is 0 Å². The molecular weight excluding hydrogens is 340 g/mol. The molecule has 0 atom stereocenters. The summed E-state index contributed by atoms with van der Waals surface area (Å²) in [5.41, 5.74) is 1.01. The van der Waals surface area contributed by atoms with Gasteiger partial charge in [0.15, 0.2) is 5.03 Å². The van der Waals surface area contributed by atoms with Gasteiger partial charge in [-0.2, -0.15) is 4.31 Å². The number of rotatable bonds is 5. The van der Waals surface area contributed by atoms with Crippen LogP contribution in [0.15, 0.2) is 29.6 Å². The third-order valence-corrected chi connectivity index (χ3v) is 6.45. The average Bonchev–Trinajstić information content (AvgIpc) is 2.94. The fourth-order valence-electron chi connectivity index (χ4n) is 2.92. The van der Waals surface area contributed by atoms with Crippen molar-refractivity contribution in [2.45, 2.75) is 31.7 Å². The lowest BCUT2D eigenvalue weighted by Crippen LogP contribution is -2.39. The molecule has 0 bridgehead atoms. The quantitative estimate of drug-likeness (QED) is 0.810. The number of sulfonamides is 1. The molecule has 1 fully saturated rings. The van der Waals surface area contributed by atoms with Gasteiger partial charge >= 0.3 is 0 Å². The van der Waals surface area contributed by atoms with E-state index in [0.29, 0.717) is 37.3 Å². The standard InChI is InChI=1S/C17H24N4O3S/c1-13-5-4-8-18-17(13)24-12-15-6-9-21(10-7-15)25(22,23)16-11-20(3)14(2)19-16/h4-5,8,11,15H,6-7,9-10,12H2,1-3H3. The third kappa shape index (κ3) is 3.85. The molecule has 2 aromatic rings. The lowest BCUT2D eigenvalue weighted by Gasteiger charge is -2.30. The molecule has 1 saturated heterocycles. The third-order valence-electron chi connectivity index (χ3n) is 4.68. The highest BCUT2D eigenvalue weighted by molar-refractivity contribution is 7.89. The van der Waals surface area contributed by atoms with Gasteiger partial charge in [-0.25, -0.2) is 18.4 Å². The second-order valence-electron chi connectivity index (χ2n) is 6.52. The van der Waals surface area contributed by atoms with Gasteiger partial charge in [-0.15, -0.1) is 0 Å². The number of hydrogen-bond acceptors (Lipinski definition) is 5. The minimum absolute atomic E-state index is 0.131. The summed E-state index contributed by atoms with van der Waals surface area (Å²) in [6.45, 7) is 5.31. The van der Waals surface area contributed by atoms with Crippen molar-refractivity contribution in [2.24, 2.45) is 13.0 Å². The van der Waals surface area contributed by atoms with Crippen LogP contribution in [0.1, 0.15) is 24.2 Å². The first kappa shape index (κ1) is 17.9. The van der Waals surface area contributed by atoms with Gasteiger partial charge in [-0.05, 0) is 38.7 Å². The van der Waals surface area contributed by atoms with Crippen molar-refractivity contribution < 1.29 is 13.2 Å². The highest BCUT2D eigenvalue weighted by Gasteiger charge is 2.31. The van der Waals surface area contributed by atoms with Crippen LogP contribution in [0.25, 0.3) is 0 Å². The van der Waals surface area contributed by atoms with Crippen molar-refractivity contribution in [1.82, 2.24) is 18.8 Å². The van der Waals surface area contributed by atoms with E-state index in [9.17, 15) is 8.42 Å². The molecule has 0 amide bonds. The molecule has 0 N–H and O–H groups in total. The molecule has 1 aliphatic heterocycles. The molecule has 0 spiro atoms. The number of aromatic nitrogens is 3. The van der Waals surface area contributed by atoms with Crippen molar-refractivity contribution in [3.8, 4) is 5.88 Å². The number of piperidine rings is 1. The Balaban J connectivity index is 1.57. The smallest absolute Gasteiger partial charge is 0.262 e. The molecule has 0 aromatic carbocycles. The van der Waals surface area contributed by atoms with Gasteiger partial charge in [-0.1, -0.05) is 6.07 Å². The molecule has 2 aromatic heterocycles. The van der Waals surface area contributed by atoms with Crippen LogP contribution in [-0.2, 0) is 17.1 Å². The van der Waals surface area contributed by atoms with Crippen LogP contribution < -0.4 is 4.74 Å². The fourth-order valence-corrected chi connectivity index (χ4v) is 4.41. The summed E-state index contributed by atoms with van der Waals surface area (Å²) in [4.78, 5) is 8.39. The summed E-state index contributed by atoms with van der Waals surface area (Å²) in [5, 5.41) is 0.131. The Morgan fingerprint density at radius 3 is 2.60 bits per heavy atom. The van der Waals surface area contributed by atoms with Gasteiger partial charge in [0.1, 0.15) is 5.82 Å². The maximum atomic E-state index is 12.7. The molecule has 8 heteroatoms. The molecule has 0 saturated carbocycles. The number of nitrogens with zero attached hydrogens (tertiary/aromatic N) is 4. The van der Waals surface area contributed by atoms with E-state index < -0.39 is 10.0 Å². The van der Waals surface area contributed by atoms with Crippen LogP contribution in [0.3, 0.4) is 0 Å². The van der Waals surface area contributed by atoms with Crippen LogP contribution in [0.4, 0.5) is 0 Å². The number of imidazole rings is 1. The van der Waals surface area contributed by atoms with E-state index in [4.69, 9.17) is 4.74 Å². The van der Waals surface area contributed by atoms with Crippen LogP contribution in [-0.4, -0.2) is 47.0 Å². The summed E-state index contributed by atoms with van der Waals surface area (Å²) in [5.74, 6) is 1.67. The molecular formula is C17H24N4O3S. The van der Waals surface area contributed by atoms with E-state index in [1.165, 1.54) is 4.31 Å². The van der Waals surface area contributed by atoms with E-state index in [1.807, 2.05) is 19.1 Å². The first-order valence-corrected chi connectivity index (χ1v) is 9.86. The minimum Gasteiger partial charge on any atom is -0.477 e. The maximum absolute atomic E-state index is 12.7. The van der Waals surface area contributed by atoms with Gasteiger partial charge in [0, 0.05) is 38.1 Å². The first-order valence-electron chi connectivity index (χ1n) is 8.42. The molecule has 0 unspecified atom stereocenters. The van der Waals surface area contributed by atoms with Crippen molar-refractivity contribution in [3.05, 3.63) is 35.9 Å². The van der Waals surface area contributed by atoms with Crippen LogP contribution in [0.5, 0.6) is 5.88 Å². The fraction of sp³-hybridized carbons (Fsp3) is 0.529. The summed E-state index contributed by atoms with van der Waals surface area (Å²) >= 11 is 0. The first-order chi connectivity index (χ1) is 11.9. The van der Waals surface area contributed by atoms with E-state index in [1.54, 1.807) is 30.9 Å². The monoisotopic (exact) mass is 364 g/mol. The molecule has 136 valence electrons. The van der Waals surface area contributed by atoms with Crippen molar-refractivity contribution in [3.63, 3.8) is 0 Å². The SMILES string of the molecule is Cc1cccnc1OCC1CCN(S(=O)(=O)c2cn(C)c(C)n2)CC1. The summed E-state index contributed by atoms with van der Waals surface area (Å²) in [7, 11) is -1.72. The summed E-state index contributed by atoms with van der Waals surface area (Å²) in [6.07, 6.45) is 4.84. The average molecular weight is 364 g/mol. The second kappa shape index (κ2) is 7.13. The predicted molar refractivity (Wildman–Crippen MR) is 93.9 cm³/mol. The topological polar surface area (TPSA) is 77.3 Å². The second-order valence-corrected chi connectivity index (χ2v) is 8.41. The number of aryl methyl sites for hydroxylation is 3. The van der Waals surface area contributed by atoms with Crippen molar-refractivity contribution in [1.29, 1.82) is 0 Å². The van der Waals surface area contributed by atoms with Crippen LogP contribution >= 0.6 is 0 Å². The number of ether oxygens (including phenoxy) is 1. The Morgan fingerprint density at radius 2 is 2.00 bits per heavy atom. The van der Waals surface area contributed by atoms with Crippen LogP contribution in [0, 0.1) is 19.8 Å². The Kier molecular flexibility index (Phi) is 5.10. The highest BCUT2D eigenvalue weighted by Crippen LogP contribution is 2.24. The Bertz CT molecular complexity index is 820. The molecule has 0 aliphatic carbocycles. The normalized spacial score (nSPS) is 16.9. The number of hydrogen-bond donors (Lipinski definition) is 0. The summed E-state index contributed by atoms with van der Waals surface area (Å²) in [6, 6.07) is 3.84. The highest BCUT2D eigenvalue weighted by atomic mass is 32.2. The van der Waals surface area contributed by atoms with Gasteiger partial charge in [0.05, 0.1) is 6.61 Å². The largest absolute Gasteiger partial charge is 0.477 e. The molecule has 3 rings (SSSR count). The molecule has 0 radical (unpaired) electrons. The maximum Gasteiger partial charge on any atom is 0.262 e. The van der Waals surface area contributed by atoms with Crippen molar-refractivity contribution >= 4 is 10.0 Å². The molecule has 1 aliphatic rings. The lowest BCUT2D eigenvalue weighted by atomic mass is 9.99. The van der Waals surface area contributed by atoms with E-state index in [-0.39, 0.29) is 5.03 Å². The zero-order valence-corrected chi connectivity index (χ0v) is 15.7. The van der Waals surface area contributed by atoms with Gasteiger partial charge in [0.25, 0.3) is 10.0 Å². The predicted octanol–water partition coefficient (Wildman–Crippen LogP) is 1.91. The van der Waals surface area contributed by atoms with E-state index >= 15 is 0 Å². The minimum atomic E-state index is -3.51. The Morgan fingerprint density at radius 1 is 1.28 bits per heavy atom. The lowest BCUT2D eigenvalue weighted by molar-refractivity contribution is 0.180. The zero-order chi connectivity index (χ0) is 18.0. The van der Waals surface area contributed by atoms with E-state index in [2.05, 4.69) is 9.97 Å². The summed E-state index contributed by atoms with van der Waals surface area (Å²) < 4.78 is 34.4. The molecule has 25 heavy (non-hydrogen) atoms. The van der Waals surface area contributed by atoms with Gasteiger partial charge < -0.3 is 9.30 Å².